The van der Waals surface area contributed by atoms with Crippen molar-refractivity contribution in [3.05, 3.63) is 35.5 Å². The van der Waals surface area contributed by atoms with E-state index in [0.29, 0.717) is 49.6 Å². The monoisotopic (exact) mass is 776 g/mol. The molecule has 12 heteroatoms. The maximum Gasteiger partial charge on any atom is 0.350 e. The van der Waals surface area contributed by atoms with Crippen LogP contribution in [-0.2, 0) is 23.9 Å². The van der Waals surface area contributed by atoms with Gasteiger partial charge in [-0.1, -0.05) is 62.0 Å². The molecular weight excluding hydrogens is 707 g/mol. The first kappa shape index (κ1) is 41.3. The van der Waals surface area contributed by atoms with Crippen LogP contribution < -0.4 is 32.3 Å². The second kappa shape index (κ2) is 18.4. The van der Waals surface area contributed by atoms with E-state index < -0.39 is 29.0 Å². The lowest BCUT2D eigenvalue weighted by atomic mass is 9.61. The third-order valence-electron chi connectivity index (χ3n) is 14.4. The smallest absolute Gasteiger partial charge is 0.350 e. The van der Waals surface area contributed by atoms with E-state index >= 15 is 0 Å². The summed E-state index contributed by atoms with van der Waals surface area (Å²) in [5, 5.41) is 17.5. The molecule has 4 unspecified atom stereocenters. The number of ketones is 2. The van der Waals surface area contributed by atoms with Crippen molar-refractivity contribution in [1.29, 1.82) is 0 Å². The minimum absolute atomic E-state index is 0.0130. The maximum absolute atomic E-state index is 14.5. The van der Waals surface area contributed by atoms with Gasteiger partial charge in [-0.2, -0.15) is 0 Å². The fourth-order valence-electron chi connectivity index (χ4n) is 11.1. The molecule has 10 atom stereocenters. The number of nitrogens with one attached hydrogen (secondary N) is 5. The summed E-state index contributed by atoms with van der Waals surface area (Å²) in [5.41, 5.74) is 5.26. The van der Waals surface area contributed by atoms with Crippen LogP contribution in [0.2, 0.25) is 0 Å². The zero-order valence-electron chi connectivity index (χ0n) is 34.2. The fourth-order valence-corrected chi connectivity index (χ4v) is 11.1. The first-order chi connectivity index (χ1) is 27.2. The van der Waals surface area contributed by atoms with Gasteiger partial charge in [-0.15, -0.1) is 0 Å². The standard InChI is InChI=1S/C44H69N7O5/c1-28(21-37(51-42(45)47-3)32-18-20-48-38(24-32)50-27-46-2)17-19-43-39(52)34-15-9-10-16-35(34)40(53)44(43,56-43)41(54)55-26-33-22-30-13-7-8-14-31(30)23-36(33)49-25-29-11-5-4-6-12-29/h8,14,17,23,29-30,32-38,46,48-50H,4-7,9-13,15-16,18-22,24-27H2,1-3H3,(H3,45,47,51)/t30-,32?,33-,34?,35?,36-,37+,38?,43+,44+/m1/s1. The molecular formula is C44H69N7O5. The molecule has 0 aromatic rings. The van der Waals surface area contributed by atoms with E-state index in [2.05, 4.69) is 56.7 Å². The minimum Gasteiger partial charge on any atom is -0.463 e. The quantitative estimate of drug-likeness (QED) is 0.0269. The molecule has 310 valence electrons. The van der Waals surface area contributed by atoms with Gasteiger partial charge in [-0.05, 0) is 115 Å². The second-order valence-electron chi connectivity index (χ2n) is 18.1. The molecule has 2 saturated heterocycles. The number of carbonyl (C=O) groups is 3. The van der Waals surface area contributed by atoms with Crippen molar-refractivity contribution in [3.8, 4) is 0 Å². The van der Waals surface area contributed by atoms with Crippen LogP contribution in [0.4, 0.5) is 0 Å². The van der Waals surface area contributed by atoms with Crippen LogP contribution in [0.15, 0.2) is 40.4 Å². The van der Waals surface area contributed by atoms with E-state index in [9.17, 15) is 14.4 Å². The average molecular weight is 776 g/mol. The van der Waals surface area contributed by atoms with E-state index in [4.69, 9.17) is 15.2 Å². The number of nitrogens with zero attached hydrogens (tertiary/aromatic N) is 1. The molecule has 5 fully saturated rings. The van der Waals surface area contributed by atoms with Gasteiger partial charge in [0.2, 0.25) is 0 Å². The number of carbonyl (C=O) groups excluding carboxylic acids is 3. The Morgan fingerprint density at radius 2 is 1.82 bits per heavy atom. The third-order valence-corrected chi connectivity index (χ3v) is 14.4. The summed E-state index contributed by atoms with van der Waals surface area (Å²) in [7, 11) is 3.60. The highest BCUT2D eigenvalue weighted by Crippen LogP contribution is 2.61. The van der Waals surface area contributed by atoms with Gasteiger partial charge in [0.25, 0.3) is 5.60 Å². The Kier molecular flexibility index (Phi) is 13.5. The zero-order valence-corrected chi connectivity index (χ0v) is 34.2. The molecule has 2 aliphatic heterocycles. The van der Waals surface area contributed by atoms with Gasteiger partial charge in [0.05, 0.1) is 12.8 Å². The van der Waals surface area contributed by atoms with Crippen molar-refractivity contribution in [2.75, 3.05) is 40.5 Å². The predicted octanol–water partition coefficient (Wildman–Crippen LogP) is 4.17. The normalized spacial score (nSPS) is 36.8. The van der Waals surface area contributed by atoms with E-state index in [1.165, 1.54) is 37.7 Å². The number of hydrogen-bond acceptors (Lipinski definition) is 10. The number of aliphatic imine (C=N–C) groups is 1. The Labute approximate surface area is 334 Å². The van der Waals surface area contributed by atoms with Gasteiger partial charge in [0.1, 0.15) is 0 Å². The van der Waals surface area contributed by atoms with Crippen LogP contribution in [-0.4, -0.2) is 93.4 Å². The lowest BCUT2D eigenvalue weighted by Crippen LogP contribution is -2.58. The Hall–Kier alpha value is -2.90. The second-order valence-corrected chi connectivity index (χ2v) is 18.1. The predicted molar refractivity (Wildman–Crippen MR) is 218 cm³/mol. The maximum atomic E-state index is 14.5. The molecule has 0 bridgehead atoms. The summed E-state index contributed by atoms with van der Waals surface area (Å²) in [6.45, 7) is 4.80. The highest BCUT2D eigenvalue weighted by Gasteiger charge is 2.86. The SMILES string of the molecule is CN=C(N)N[C@@H](CC(C)=CC[C@@]12O[C@]1(C(=O)OC[C@H]1C[C@H]3CCC=CC3=C[C@H]1NCC1CCCCC1)C(=O)C1CCCCC1C2=O)C1CCNC(NCNC)C1. The minimum atomic E-state index is -1.87. The molecule has 0 spiro atoms. The summed E-state index contributed by atoms with van der Waals surface area (Å²) in [4.78, 5) is 47.7. The Balaban J connectivity index is 1.07. The van der Waals surface area contributed by atoms with Crippen molar-refractivity contribution >= 4 is 23.5 Å². The summed E-state index contributed by atoms with van der Waals surface area (Å²) in [6, 6.07) is 0.0971. The summed E-state index contributed by atoms with van der Waals surface area (Å²) < 4.78 is 12.6. The molecule has 3 saturated carbocycles. The Bertz CT molecular complexity index is 1560. The van der Waals surface area contributed by atoms with Crippen molar-refractivity contribution in [1.82, 2.24) is 26.6 Å². The molecule has 2 heterocycles. The topological polar surface area (TPSA) is 172 Å². The van der Waals surface area contributed by atoms with Gasteiger partial charge < -0.3 is 36.5 Å². The van der Waals surface area contributed by atoms with Crippen LogP contribution in [0.3, 0.4) is 0 Å². The molecule has 12 nitrogen and oxygen atoms in total. The van der Waals surface area contributed by atoms with E-state index in [1.807, 2.05) is 13.1 Å². The first-order valence-corrected chi connectivity index (χ1v) is 22.0. The lowest BCUT2D eigenvalue weighted by Gasteiger charge is -2.38. The highest BCUT2D eigenvalue weighted by atomic mass is 16.7. The number of piperidine rings is 1. The molecule has 0 aromatic carbocycles. The van der Waals surface area contributed by atoms with Gasteiger partial charge in [-0.25, -0.2) is 4.79 Å². The molecule has 7 N–H and O–H groups in total. The van der Waals surface area contributed by atoms with Gasteiger partial charge in [-0.3, -0.25) is 19.9 Å². The van der Waals surface area contributed by atoms with Crippen LogP contribution in [0.1, 0.15) is 110 Å². The van der Waals surface area contributed by atoms with Crippen LogP contribution in [0.25, 0.3) is 0 Å². The van der Waals surface area contributed by atoms with Crippen LogP contribution >= 0.6 is 0 Å². The third kappa shape index (κ3) is 8.60. The first-order valence-electron chi connectivity index (χ1n) is 22.0. The van der Waals surface area contributed by atoms with Crippen molar-refractivity contribution in [3.63, 3.8) is 0 Å². The zero-order chi connectivity index (χ0) is 39.3. The van der Waals surface area contributed by atoms with Gasteiger partial charge in [0.15, 0.2) is 23.1 Å². The number of nitrogens with two attached hydrogens (primary N) is 1. The van der Waals surface area contributed by atoms with E-state index in [1.54, 1.807) is 7.05 Å². The van der Waals surface area contributed by atoms with E-state index in [-0.39, 0.29) is 48.8 Å². The largest absolute Gasteiger partial charge is 0.463 e. The Morgan fingerprint density at radius 3 is 2.59 bits per heavy atom. The summed E-state index contributed by atoms with van der Waals surface area (Å²) in [5.74, 6) is 0.00222. The summed E-state index contributed by atoms with van der Waals surface area (Å²) in [6.07, 6.45) is 24.4. The van der Waals surface area contributed by atoms with Gasteiger partial charge in [0, 0.05) is 50.0 Å². The number of esters is 1. The molecule has 7 aliphatic rings. The summed E-state index contributed by atoms with van der Waals surface area (Å²) >= 11 is 0. The number of rotatable bonds is 15. The van der Waals surface area contributed by atoms with Crippen LogP contribution in [0.5, 0.6) is 0 Å². The molecule has 0 radical (unpaired) electrons. The fraction of sp³-hybridized carbons (Fsp3) is 0.773. The highest BCUT2D eigenvalue weighted by molar-refractivity contribution is 6.23. The van der Waals surface area contributed by atoms with Crippen molar-refractivity contribution in [2.24, 2.45) is 46.2 Å². The van der Waals surface area contributed by atoms with Gasteiger partial charge >= 0.3 is 5.97 Å². The number of guanidine groups is 1. The Morgan fingerprint density at radius 1 is 1.05 bits per heavy atom. The van der Waals surface area contributed by atoms with Crippen LogP contribution in [0, 0.1) is 35.5 Å². The van der Waals surface area contributed by atoms with Crippen molar-refractivity contribution < 1.29 is 23.9 Å². The number of ether oxygens (including phenoxy) is 2. The number of Topliss-reactive ketones (excluding diaryl/α,β-unsaturated/α-hetero) is 2. The van der Waals surface area contributed by atoms with Crippen molar-refractivity contribution in [2.45, 2.75) is 139 Å². The molecule has 7 rings (SSSR count). The molecule has 0 amide bonds. The average Bonchev–Trinajstić information content (AvgIpc) is 3.94. The number of hydrogen-bond donors (Lipinski definition) is 6. The number of fused-ring (bicyclic) bond motifs is 3. The lowest BCUT2D eigenvalue weighted by molar-refractivity contribution is -0.160. The molecule has 56 heavy (non-hydrogen) atoms. The molecule has 0 aromatic heterocycles. The van der Waals surface area contributed by atoms with E-state index in [0.717, 1.165) is 63.6 Å². The number of allylic oxidation sites excluding steroid dienone is 3. The molecule has 5 aliphatic carbocycles. The number of epoxide rings is 1.